The smallest absolute Gasteiger partial charge is 0.296 e. The van der Waals surface area contributed by atoms with Crippen molar-refractivity contribution in [2.75, 3.05) is 32.6 Å². The first-order valence-corrected chi connectivity index (χ1v) is 12.8. The molecule has 0 saturated carbocycles. The molecule has 4 heterocycles. The zero-order valence-corrected chi connectivity index (χ0v) is 22.3. The molecule has 0 radical (unpaired) electrons. The Kier molecular flexibility index (Phi) is 6.72. The van der Waals surface area contributed by atoms with Gasteiger partial charge in [-0.1, -0.05) is 11.6 Å². The number of hydrogen-bond acceptors (Lipinski definition) is 9. The fraction of sp³-hybridized carbons (Fsp3) is 0.259. The third-order valence-electron chi connectivity index (χ3n) is 6.57. The van der Waals surface area contributed by atoms with Crippen LogP contribution in [0, 0.1) is 0 Å². The van der Waals surface area contributed by atoms with Gasteiger partial charge in [-0.15, -0.1) is 0 Å². The highest BCUT2D eigenvalue weighted by Gasteiger charge is 2.46. The summed E-state index contributed by atoms with van der Waals surface area (Å²) in [4.78, 5) is 14.6. The van der Waals surface area contributed by atoms with E-state index < -0.39 is 18.6 Å². The Morgan fingerprint density at radius 3 is 2.75 bits per heavy atom. The number of ether oxygens (including phenoxy) is 3. The molecule has 0 spiro atoms. The van der Waals surface area contributed by atoms with Crippen LogP contribution < -0.4 is 19.5 Å². The van der Waals surface area contributed by atoms with E-state index in [1.807, 2.05) is 0 Å². The molecular weight excluding hydrogens is 544 g/mol. The Morgan fingerprint density at radius 2 is 1.95 bits per heavy atom. The molecule has 6 rings (SSSR count). The van der Waals surface area contributed by atoms with Crippen LogP contribution in [0.4, 0.5) is 20.3 Å². The lowest BCUT2D eigenvalue weighted by molar-refractivity contribution is -0.135. The minimum atomic E-state index is -3.05. The second-order valence-corrected chi connectivity index (χ2v) is 9.81. The van der Waals surface area contributed by atoms with Gasteiger partial charge in [0, 0.05) is 24.7 Å². The molecule has 1 atom stereocenters. The molecule has 0 amide bonds. The summed E-state index contributed by atoms with van der Waals surface area (Å²) in [5.74, 6) is -1.41. The number of nitrogens with zero attached hydrogens (tertiary/aromatic N) is 6. The van der Waals surface area contributed by atoms with E-state index in [9.17, 15) is 8.78 Å². The predicted octanol–water partition coefficient (Wildman–Crippen LogP) is 5.59. The summed E-state index contributed by atoms with van der Waals surface area (Å²) in [6.45, 7) is 0.0822. The average molecular weight is 568 g/mol. The maximum absolute atomic E-state index is 14.9. The number of piperidine rings is 1. The maximum Gasteiger partial charge on any atom is 0.296 e. The van der Waals surface area contributed by atoms with Gasteiger partial charge in [0.1, 0.15) is 17.9 Å². The predicted molar refractivity (Wildman–Crippen MR) is 145 cm³/mol. The van der Waals surface area contributed by atoms with Crippen LogP contribution in [0.15, 0.2) is 61.3 Å². The summed E-state index contributed by atoms with van der Waals surface area (Å²) in [5.41, 5.74) is 1.77. The number of benzene rings is 2. The molecule has 1 aliphatic rings. The van der Waals surface area contributed by atoms with E-state index in [0.29, 0.717) is 56.9 Å². The van der Waals surface area contributed by atoms with Crippen molar-refractivity contribution in [2.45, 2.75) is 18.4 Å². The van der Waals surface area contributed by atoms with Gasteiger partial charge < -0.3 is 24.4 Å². The topological polar surface area (TPSA) is 98.9 Å². The van der Waals surface area contributed by atoms with Gasteiger partial charge in [0.25, 0.3) is 5.92 Å². The molecule has 0 unspecified atom stereocenters. The van der Waals surface area contributed by atoms with Crippen molar-refractivity contribution in [3.63, 3.8) is 0 Å². The van der Waals surface area contributed by atoms with Crippen molar-refractivity contribution in [3.05, 3.63) is 66.3 Å². The molecule has 10 nitrogen and oxygen atoms in total. The summed E-state index contributed by atoms with van der Waals surface area (Å²) >= 11 is 6.54. The number of aromatic nitrogens is 5. The van der Waals surface area contributed by atoms with Crippen molar-refractivity contribution in [1.29, 1.82) is 0 Å². The number of likely N-dealkylation sites (tertiary alicyclic amines) is 1. The van der Waals surface area contributed by atoms with Crippen molar-refractivity contribution in [3.8, 4) is 23.0 Å². The third kappa shape index (κ3) is 5.03. The van der Waals surface area contributed by atoms with Crippen molar-refractivity contribution in [1.82, 2.24) is 29.5 Å². The summed E-state index contributed by atoms with van der Waals surface area (Å²) in [5, 5.41) is 8.09. The molecule has 5 aromatic rings. The number of nitrogens with one attached hydrogen (secondary N) is 1. The molecule has 1 N–H and O–H groups in total. The van der Waals surface area contributed by atoms with Crippen LogP contribution >= 0.6 is 11.6 Å². The number of rotatable bonds is 7. The highest BCUT2D eigenvalue weighted by molar-refractivity contribution is 6.32. The van der Waals surface area contributed by atoms with E-state index in [2.05, 4.69) is 25.4 Å². The van der Waals surface area contributed by atoms with Crippen LogP contribution in [0.2, 0.25) is 5.02 Å². The average Bonchev–Trinajstić information content (AvgIpc) is 3.39. The number of methoxy groups -OCH3 is 1. The number of hydrogen-bond donors (Lipinski definition) is 1. The summed E-state index contributed by atoms with van der Waals surface area (Å²) in [6.07, 6.45) is 5.11. The molecule has 0 aliphatic carbocycles. The van der Waals surface area contributed by atoms with E-state index in [4.69, 9.17) is 25.8 Å². The number of alkyl halides is 2. The molecule has 0 bridgehead atoms. The number of anilines is 2. The number of halogens is 3. The lowest BCUT2D eigenvalue weighted by atomic mass is 10.0. The van der Waals surface area contributed by atoms with Crippen LogP contribution in [-0.2, 0) is 0 Å². The fourth-order valence-electron chi connectivity index (χ4n) is 4.62. The first kappa shape index (κ1) is 26.0. The minimum absolute atomic E-state index is 0.143. The van der Waals surface area contributed by atoms with E-state index in [-0.39, 0.29) is 12.2 Å². The van der Waals surface area contributed by atoms with Gasteiger partial charge in [-0.05, 0) is 37.4 Å². The van der Waals surface area contributed by atoms with Crippen LogP contribution in [0.5, 0.6) is 23.0 Å². The second kappa shape index (κ2) is 10.4. The Labute approximate surface area is 232 Å². The SMILES string of the molecule is COc1ccc2ncnc(Nc3ccc(Oc4cnc5ccnn5c4)c(Cl)c3)c2c1O[C@H]1CCN(C)CC1(F)F. The van der Waals surface area contributed by atoms with Gasteiger partial charge in [-0.25, -0.2) is 28.2 Å². The summed E-state index contributed by atoms with van der Waals surface area (Å²) < 4.78 is 48.8. The van der Waals surface area contributed by atoms with Gasteiger partial charge >= 0.3 is 0 Å². The van der Waals surface area contributed by atoms with Crippen LogP contribution in [0.1, 0.15) is 6.42 Å². The van der Waals surface area contributed by atoms with Crippen molar-refractivity contribution < 1.29 is 23.0 Å². The van der Waals surface area contributed by atoms with Crippen molar-refractivity contribution >= 4 is 39.7 Å². The monoisotopic (exact) mass is 567 g/mol. The minimum Gasteiger partial charge on any atom is -0.493 e. The van der Waals surface area contributed by atoms with E-state index in [0.717, 1.165) is 0 Å². The molecule has 40 heavy (non-hydrogen) atoms. The van der Waals surface area contributed by atoms with E-state index in [1.54, 1.807) is 71.5 Å². The summed E-state index contributed by atoms with van der Waals surface area (Å²) in [7, 11) is 3.12. The molecule has 13 heteroatoms. The van der Waals surface area contributed by atoms with Crippen LogP contribution in [0.3, 0.4) is 0 Å². The molecular formula is C27H24ClF2N7O3. The normalized spacial score (nSPS) is 17.2. The Hall–Kier alpha value is -4.29. The molecule has 206 valence electrons. The molecule has 1 aliphatic heterocycles. The van der Waals surface area contributed by atoms with Gasteiger partial charge in [-0.2, -0.15) is 5.10 Å². The zero-order valence-electron chi connectivity index (χ0n) is 21.5. The Morgan fingerprint density at radius 1 is 1.10 bits per heavy atom. The van der Waals surface area contributed by atoms with Crippen LogP contribution in [-0.4, -0.2) is 68.7 Å². The largest absolute Gasteiger partial charge is 0.493 e. The van der Waals surface area contributed by atoms with Gasteiger partial charge in [-0.3, -0.25) is 0 Å². The van der Waals surface area contributed by atoms with Crippen LogP contribution in [0.25, 0.3) is 16.6 Å². The third-order valence-corrected chi connectivity index (χ3v) is 6.87. The van der Waals surface area contributed by atoms with Gasteiger partial charge in [0.2, 0.25) is 0 Å². The van der Waals surface area contributed by atoms with E-state index in [1.165, 1.54) is 13.4 Å². The first-order valence-electron chi connectivity index (χ1n) is 12.4. The quantitative estimate of drug-likeness (QED) is 0.270. The Bertz CT molecular complexity index is 1700. The zero-order chi connectivity index (χ0) is 27.9. The maximum atomic E-state index is 14.9. The van der Waals surface area contributed by atoms with E-state index >= 15 is 0 Å². The molecule has 2 aromatic carbocycles. The Balaban J connectivity index is 1.31. The van der Waals surface area contributed by atoms with Gasteiger partial charge in [0.05, 0.1) is 48.2 Å². The summed E-state index contributed by atoms with van der Waals surface area (Å²) in [6, 6.07) is 10.2. The van der Waals surface area contributed by atoms with Gasteiger partial charge in [0.15, 0.2) is 29.0 Å². The lowest BCUT2D eigenvalue weighted by Gasteiger charge is -2.36. The molecule has 1 fully saturated rings. The highest BCUT2D eigenvalue weighted by atomic mass is 35.5. The highest BCUT2D eigenvalue weighted by Crippen LogP contribution is 2.42. The molecule has 3 aromatic heterocycles. The number of fused-ring (bicyclic) bond motifs is 2. The standard InChI is InChI=1S/C27H24ClF2N7O3/c1-36-10-8-22(27(29,30)14-36)40-25-21(38-2)6-4-19-24(25)26(33-15-32-19)35-16-3-5-20(18(28)11-16)39-17-12-31-23-7-9-34-37(23)13-17/h3-7,9,11-13,15,22H,8,10,14H2,1-2H3,(H,32,33,35)/t22-/m0/s1. The molecule has 1 saturated heterocycles. The second-order valence-electron chi connectivity index (χ2n) is 9.40. The lowest BCUT2D eigenvalue weighted by Crippen LogP contribution is -2.52. The first-order chi connectivity index (χ1) is 19.3. The van der Waals surface area contributed by atoms with Crippen molar-refractivity contribution in [2.24, 2.45) is 0 Å². The fourth-order valence-corrected chi connectivity index (χ4v) is 4.84.